The number of hydrogen-bond donors (Lipinski definition) is 1. The molecule has 1 fully saturated rings. The van der Waals surface area contributed by atoms with Gasteiger partial charge in [0.15, 0.2) is 0 Å². The van der Waals surface area contributed by atoms with Crippen molar-refractivity contribution >= 4 is 28.4 Å². The fraction of sp³-hybridized carbons (Fsp3) is 0.533. The number of esters is 1. The first-order valence-electron chi connectivity index (χ1n) is 7.28. The number of likely N-dealkylation sites (N-methyl/N-ethyl adjacent to an activating group) is 1. The highest BCUT2D eigenvalue weighted by atomic mass is 35.5. The number of ether oxygens (including phenoxy) is 1. The van der Waals surface area contributed by atoms with Crippen LogP contribution < -0.4 is 5.32 Å². The van der Waals surface area contributed by atoms with Gasteiger partial charge in [0.05, 0.1) is 18.4 Å². The second-order valence-corrected chi connectivity index (χ2v) is 7.40. The summed E-state index contributed by atoms with van der Waals surface area (Å²) >= 11 is 0. The van der Waals surface area contributed by atoms with Gasteiger partial charge in [-0.1, -0.05) is 12.1 Å². The Labute approximate surface area is 143 Å². The molecule has 0 spiro atoms. The molecule has 1 aromatic rings. The van der Waals surface area contributed by atoms with Gasteiger partial charge in [0.25, 0.3) is 0 Å². The minimum Gasteiger partial charge on any atom is -0.465 e. The summed E-state index contributed by atoms with van der Waals surface area (Å²) in [6.45, 7) is 1.05. The summed E-state index contributed by atoms with van der Waals surface area (Å²) in [7, 11) is -0.237. The molecule has 0 bridgehead atoms. The van der Waals surface area contributed by atoms with Gasteiger partial charge in [-0.15, -0.1) is 12.4 Å². The number of piperidine rings is 1. The Morgan fingerprint density at radius 2 is 2.17 bits per heavy atom. The summed E-state index contributed by atoms with van der Waals surface area (Å²) in [6.07, 6.45) is 1.84. The maximum Gasteiger partial charge on any atom is 0.337 e. The molecule has 0 radical (unpaired) electrons. The molecule has 1 aliphatic heterocycles. The Morgan fingerprint density at radius 3 is 2.83 bits per heavy atom. The van der Waals surface area contributed by atoms with E-state index in [4.69, 9.17) is 0 Å². The molecule has 8 heteroatoms. The van der Waals surface area contributed by atoms with Crippen LogP contribution in [-0.4, -0.2) is 52.0 Å². The first-order valence-corrected chi connectivity index (χ1v) is 8.89. The van der Waals surface area contributed by atoms with Gasteiger partial charge in [-0.2, -0.15) is 0 Å². The molecule has 0 aliphatic carbocycles. The summed E-state index contributed by atoms with van der Waals surface area (Å²) in [5.74, 6) is -0.568. The van der Waals surface area contributed by atoms with Crippen LogP contribution in [0.2, 0.25) is 0 Å². The first kappa shape index (κ1) is 19.9. The molecule has 1 N–H and O–H groups in total. The van der Waals surface area contributed by atoms with Crippen molar-refractivity contribution in [2.75, 3.05) is 27.2 Å². The largest absolute Gasteiger partial charge is 0.465 e. The molecule has 0 saturated carbocycles. The highest BCUT2D eigenvalue weighted by Gasteiger charge is 2.28. The summed E-state index contributed by atoms with van der Waals surface area (Å²) in [6, 6.07) is 6.76. The normalized spacial score (nSPS) is 19.0. The van der Waals surface area contributed by atoms with Gasteiger partial charge in [0.1, 0.15) is 0 Å². The Morgan fingerprint density at radius 1 is 1.43 bits per heavy atom. The zero-order chi connectivity index (χ0) is 16.2. The number of methoxy groups -OCH3 is 1. The fourth-order valence-electron chi connectivity index (χ4n) is 2.64. The fourth-order valence-corrected chi connectivity index (χ4v) is 4.24. The zero-order valence-electron chi connectivity index (χ0n) is 13.3. The Kier molecular flexibility index (Phi) is 7.47. The Hall–Kier alpha value is -1.15. The van der Waals surface area contributed by atoms with Crippen molar-refractivity contribution < 1.29 is 17.9 Å². The summed E-state index contributed by atoms with van der Waals surface area (Å²) in [4.78, 5) is 11.5. The number of hydrogen-bond acceptors (Lipinski definition) is 5. The van der Waals surface area contributed by atoms with E-state index in [-0.39, 0.29) is 24.2 Å². The Bertz CT molecular complexity index is 636. The van der Waals surface area contributed by atoms with Crippen LogP contribution in [0.25, 0.3) is 0 Å². The van der Waals surface area contributed by atoms with Crippen LogP contribution in [0.3, 0.4) is 0 Å². The lowest BCUT2D eigenvalue weighted by Gasteiger charge is -2.31. The minimum atomic E-state index is -3.39. The lowest BCUT2D eigenvalue weighted by molar-refractivity contribution is 0.0600. The molecular formula is C15H23ClN2O4S. The maximum absolute atomic E-state index is 12.5. The number of nitrogens with one attached hydrogen (secondary N) is 1. The van der Waals surface area contributed by atoms with E-state index in [1.165, 1.54) is 11.4 Å². The number of carbonyl (C=O) groups is 1. The third-order valence-corrected chi connectivity index (χ3v) is 5.70. The predicted octanol–water partition coefficient (Wildman–Crippen LogP) is 1.41. The van der Waals surface area contributed by atoms with E-state index in [0.29, 0.717) is 24.2 Å². The average molecular weight is 363 g/mol. The third-order valence-electron chi connectivity index (χ3n) is 3.88. The molecule has 1 unspecified atom stereocenters. The van der Waals surface area contributed by atoms with E-state index in [1.54, 1.807) is 24.3 Å². The van der Waals surface area contributed by atoms with Gasteiger partial charge in [-0.3, -0.25) is 0 Å². The van der Waals surface area contributed by atoms with Gasteiger partial charge in [-0.05, 0) is 37.6 Å². The molecule has 2 rings (SSSR count). The molecule has 0 amide bonds. The Balaban J connectivity index is 0.00000264. The van der Waals surface area contributed by atoms with Crippen molar-refractivity contribution in [1.82, 2.24) is 9.62 Å². The summed E-state index contributed by atoms with van der Waals surface area (Å²) in [5.41, 5.74) is 0.955. The molecule has 1 heterocycles. The quantitative estimate of drug-likeness (QED) is 0.801. The van der Waals surface area contributed by atoms with Crippen LogP contribution in [-0.2, 0) is 20.5 Å². The van der Waals surface area contributed by atoms with Crippen molar-refractivity contribution in [3.05, 3.63) is 35.4 Å². The van der Waals surface area contributed by atoms with E-state index >= 15 is 0 Å². The molecule has 6 nitrogen and oxygen atoms in total. The summed E-state index contributed by atoms with van der Waals surface area (Å²) < 4.78 is 31.3. The molecule has 23 heavy (non-hydrogen) atoms. The average Bonchev–Trinajstić information content (AvgIpc) is 2.54. The number of benzene rings is 1. The molecule has 1 saturated heterocycles. The molecule has 1 aliphatic rings. The van der Waals surface area contributed by atoms with E-state index < -0.39 is 16.0 Å². The van der Waals surface area contributed by atoms with Crippen molar-refractivity contribution in [3.63, 3.8) is 0 Å². The molecule has 0 aromatic heterocycles. The van der Waals surface area contributed by atoms with E-state index in [9.17, 15) is 13.2 Å². The highest BCUT2D eigenvalue weighted by molar-refractivity contribution is 7.88. The van der Waals surface area contributed by atoms with Crippen LogP contribution in [0.15, 0.2) is 24.3 Å². The molecule has 130 valence electrons. The minimum absolute atomic E-state index is 0. The van der Waals surface area contributed by atoms with Gasteiger partial charge in [-0.25, -0.2) is 17.5 Å². The number of halogens is 1. The van der Waals surface area contributed by atoms with Crippen LogP contribution in [0.5, 0.6) is 0 Å². The number of rotatable bonds is 5. The molecule has 1 aromatic carbocycles. The van der Waals surface area contributed by atoms with Gasteiger partial charge >= 0.3 is 5.97 Å². The smallest absolute Gasteiger partial charge is 0.337 e. The SMILES string of the molecule is CNC1CCCN(S(=O)(=O)Cc2cccc(C(=O)OC)c2)C1.Cl. The lowest BCUT2D eigenvalue weighted by Crippen LogP contribution is -2.47. The van der Waals surface area contributed by atoms with E-state index in [0.717, 1.165) is 12.8 Å². The number of nitrogens with zero attached hydrogens (tertiary/aromatic N) is 1. The second kappa shape index (κ2) is 8.63. The first-order chi connectivity index (χ1) is 10.5. The van der Waals surface area contributed by atoms with E-state index in [2.05, 4.69) is 10.1 Å². The van der Waals surface area contributed by atoms with E-state index in [1.807, 2.05) is 7.05 Å². The van der Waals surface area contributed by atoms with Gasteiger partial charge in [0.2, 0.25) is 10.0 Å². The van der Waals surface area contributed by atoms with Gasteiger partial charge in [0, 0.05) is 19.1 Å². The van der Waals surface area contributed by atoms with Crippen molar-refractivity contribution in [3.8, 4) is 0 Å². The van der Waals surface area contributed by atoms with Crippen LogP contribution in [0.1, 0.15) is 28.8 Å². The number of sulfonamides is 1. The third kappa shape index (κ3) is 5.17. The topological polar surface area (TPSA) is 75.7 Å². The maximum atomic E-state index is 12.5. The van der Waals surface area contributed by atoms with Gasteiger partial charge < -0.3 is 10.1 Å². The standard InChI is InChI=1S/C15H22N2O4S.ClH/c1-16-14-7-4-8-17(10-14)22(19,20)11-12-5-3-6-13(9-12)15(18)21-2;/h3,5-6,9,14,16H,4,7-8,10-11H2,1-2H3;1H. The molecular weight excluding hydrogens is 340 g/mol. The lowest BCUT2D eigenvalue weighted by atomic mass is 10.1. The van der Waals surface area contributed by atoms with Crippen LogP contribution in [0, 0.1) is 0 Å². The zero-order valence-corrected chi connectivity index (χ0v) is 15.0. The summed E-state index contributed by atoms with van der Waals surface area (Å²) in [5, 5.41) is 3.13. The number of carbonyl (C=O) groups excluding carboxylic acids is 1. The molecule has 1 atom stereocenters. The van der Waals surface area contributed by atoms with Crippen LogP contribution >= 0.6 is 12.4 Å². The van der Waals surface area contributed by atoms with Crippen LogP contribution in [0.4, 0.5) is 0 Å². The van der Waals surface area contributed by atoms with Crippen molar-refractivity contribution in [1.29, 1.82) is 0 Å². The highest BCUT2D eigenvalue weighted by Crippen LogP contribution is 2.18. The predicted molar refractivity (Wildman–Crippen MR) is 91.3 cm³/mol. The van der Waals surface area contributed by atoms with Crippen molar-refractivity contribution in [2.24, 2.45) is 0 Å². The monoisotopic (exact) mass is 362 g/mol. The van der Waals surface area contributed by atoms with Crippen molar-refractivity contribution in [2.45, 2.75) is 24.6 Å². The second-order valence-electron chi connectivity index (χ2n) is 5.43.